The molecule has 0 bridgehead atoms. The van der Waals surface area contributed by atoms with Crippen LogP contribution in [0.3, 0.4) is 0 Å². The number of nitrogens with one attached hydrogen (secondary N) is 1. The van der Waals surface area contributed by atoms with Gasteiger partial charge in [-0.25, -0.2) is 4.79 Å². The van der Waals surface area contributed by atoms with Crippen molar-refractivity contribution in [2.75, 3.05) is 26.4 Å². The van der Waals surface area contributed by atoms with Gasteiger partial charge in [0, 0.05) is 26.4 Å². The van der Waals surface area contributed by atoms with Crippen molar-refractivity contribution in [2.45, 2.75) is 27.2 Å². The Bertz CT molecular complexity index is 255. The number of amides is 1. The van der Waals surface area contributed by atoms with Gasteiger partial charge >= 0.3 is 14.9 Å². The Hall–Kier alpha value is -0.893. The van der Waals surface area contributed by atoms with Crippen molar-refractivity contribution in [1.29, 1.82) is 0 Å². The molecular formula is C11H23NO5Si. The lowest BCUT2D eigenvalue weighted by Crippen LogP contribution is -2.48. The Morgan fingerprint density at radius 2 is 1.61 bits per heavy atom. The van der Waals surface area contributed by atoms with E-state index in [1.807, 2.05) is 20.8 Å². The molecule has 0 aromatic rings. The standard InChI is InChI=1S/C11H23NO5Si/c1-5-15-18(16-6-2,17-7-3)10(4)8-9-12-11(13)14/h12H,4-9H2,1-3H3,(H,13,14). The first-order valence-electron chi connectivity index (χ1n) is 6.09. The summed E-state index contributed by atoms with van der Waals surface area (Å²) < 4.78 is 16.9. The average molecular weight is 277 g/mol. The molecule has 2 N–H and O–H groups in total. The molecule has 106 valence electrons. The van der Waals surface area contributed by atoms with Crippen LogP contribution in [0.2, 0.25) is 0 Å². The van der Waals surface area contributed by atoms with Gasteiger partial charge in [0.05, 0.1) is 0 Å². The summed E-state index contributed by atoms with van der Waals surface area (Å²) >= 11 is 0. The minimum absolute atomic E-state index is 0.274. The second-order valence-electron chi connectivity index (χ2n) is 3.44. The van der Waals surface area contributed by atoms with Gasteiger partial charge in [0.15, 0.2) is 0 Å². The lowest BCUT2D eigenvalue weighted by Gasteiger charge is -2.30. The zero-order valence-corrected chi connectivity index (χ0v) is 12.3. The molecule has 0 atom stereocenters. The molecule has 0 aliphatic rings. The van der Waals surface area contributed by atoms with E-state index in [9.17, 15) is 4.79 Å². The molecule has 0 radical (unpaired) electrons. The fraction of sp³-hybridized carbons (Fsp3) is 0.727. The summed E-state index contributed by atoms with van der Waals surface area (Å²) in [5.74, 6) is 0. The van der Waals surface area contributed by atoms with Gasteiger partial charge < -0.3 is 23.7 Å². The Kier molecular flexibility index (Phi) is 8.64. The monoisotopic (exact) mass is 277 g/mol. The van der Waals surface area contributed by atoms with Crippen LogP contribution >= 0.6 is 0 Å². The van der Waals surface area contributed by atoms with Gasteiger partial charge in [-0.2, -0.15) is 0 Å². The highest BCUT2D eigenvalue weighted by Gasteiger charge is 2.43. The minimum atomic E-state index is -2.90. The summed E-state index contributed by atoms with van der Waals surface area (Å²) in [6.07, 6.45) is -0.613. The van der Waals surface area contributed by atoms with Crippen molar-refractivity contribution in [3.05, 3.63) is 11.8 Å². The van der Waals surface area contributed by atoms with Crippen molar-refractivity contribution in [1.82, 2.24) is 5.32 Å². The number of hydrogen-bond acceptors (Lipinski definition) is 4. The molecular weight excluding hydrogens is 254 g/mol. The molecule has 0 aromatic heterocycles. The fourth-order valence-electron chi connectivity index (χ4n) is 1.47. The molecule has 0 aliphatic heterocycles. The van der Waals surface area contributed by atoms with E-state index < -0.39 is 14.9 Å². The molecule has 0 fully saturated rings. The smallest absolute Gasteiger partial charge is 0.465 e. The van der Waals surface area contributed by atoms with Crippen molar-refractivity contribution in [3.8, 4) is 0 Å². The Balaban J connectivity index is 4.59. The van der Waals surface area contributed by atoms with E-state index in [-0.39, 0.29) is 6.54 Å². The van der Waals surface area contributed by atoms with Crippen molar-refractivity contribution >= 4 is 14.9 Å². The topological polar surface area (TPSA) is 77.0 Å². The largest absolute Gasteiger partial charge is 0.532 e. The van der Waals surface area contributed by atoms with Crippen LogP contribution in [0.15, 0.2) is 11.8 Å². The van der Waals surface area contributed by atoms with E-state index in [0.29, 0.717) is 31.4 Å². The molecule has 0 heterocycles. The summed E-state index contributed by atoms with van der Waals surface area (Å²) in [6.45, 7) is 11.2. The van der Waals surface area contributed by atoms with E-state index in [4.69, 9.17) is 18.4 Å². The molecule has 0 spiro atoms. The molecule has 0 saturated heterocycles. The van der Waals surface area contributed by atoms with Crippen LogP contribution < -0.4 is 5.32 Å². The van der Waals surface area contributed by atoms with Crippen LogP contribution in [0.1, 0.15) is 27.2 Å². The van der Waals surface area contributed by atoms with Crippen molar-refractivity contribution < 1.29 is 23.2 Å². The molecule has 18 heavy (non-hydrogen) atoms. The number of carbonyl (C=O) groups is 1. The lowest BCUT2D eigenvalue weighted by atomic mass is 10.4. The minimum Gasteiger partial charge on any atom is -0.465 e. The van der Waals surface area contributed by atoms with Crippen molar-refractivity contribution in [3.63, 3.8) is 0 Å². The molecule has 6 nitrogen and oxygen atoms in total. The van der Waals surface area contributed by atoms with Gasteiger partial charge in [-0.1, -0.05) is 6.58 Å². The highest BCUT2D eigenvalue weighted by Crippen LogP contribution is 2.21. The van der Waals surface area contributed by atoms with Gasteiger partial charge in [-0.15, -0.1) is 0 Å². The number of rotatable bonds is 10. The van der Waals surface area contributed by atoms with Crippen LogP contribution in [0, 0.1) is 0 Å². The van der Waals surface area contributed by atoms with Gasteiger partial charge in [-0.3, -0.25) is 0 Å². The molecule has 0 rings (SSSR count). The van der Waals surface area contributed by atoms with Crippen LogP contribution in [0.5, 0.6) is 0 Å². The van der Waals surface area contributed by atoms with Gasteiger partial charge in [0.25, 0.3) is 0 Å². The summed E-state index contributed by atoms with van der Waals surface area (Å²) in [6, 6.07) is 0. The van der Waals surface area contributed by atoms with Gasteiger partial charge in [0.2, 0.25) is 0 Å². The third-order valence-corrected chi connectivity index (χ3v) is 5.26. The zero-order chi connectivity index (χ0) is 14.0. The molecule has 0 aliphatic carbocycles. The Morgan fingerprint density at radius 3 is 1.94 bits per heavy atom. The van der Waals surface area contributed by atoms with Crippen LogP contribution in [0.4, 0.5) is 4.79 Å². The maximum atomic E-state index is 10.4. The zero-order valence-electron chi connectivity index (χ0n) is 11.3. The maximum Gasteiger partial charge on any atom is 0.532 e. The summed E-state index contributed by atoms with van der Waals surface area (Å²) in [7, 11) is -2.90. The predicted molar refractivity (Wildman–Crippen MR) is 70.4 cm³/mol. The molecule has 0 unspecified atom stereocenters. The van der Waals surface area contributed by atoms with Gasteiger partial charge in [-0.05, 0) is 32.4 Å². The first-order chi connectivity index (χ1) is 8.52. The maximum absolute atomic E-state index is 10.4. The van der Waals surface area contributed by atoms with E-state index in [1.54, 1.807) is 0 Å². The molecule has 7 heteroatoms. The molecule has 0 aromatic carbocycles. The number of carboxylic acid groups (broad SMARTS) is 1. The van der Waals surface area contributed by atoms with E-state index in [2.05, 4.69) is 11.9 Å². The third kappa shape index (κ3) is 5.63. The van der Waals surface area contributed by atoms with E-state index >= 15 is 0 Å². The SMILES string of the molecule is C=C(CCNC(=O)O)[Si](OCC)(OCC)OCC. The molecule has 1 amide bonds. The lowest BCUT2D eigenvalue weighted by molar-refractivity contribution is 0.0798. The van der Waals surface area contributed by atoms with Crippen LogP contribution in [-0.4, -0.2) is 46.4 Å². The van der Waals surface area contributed by atoms with Gasteiger partial charge in [0.1, 0.15) is 0 Å². The summed E-state index contributed by atoms with van der Waals surface area (Å²) in [5, 5.41) is 11.5. The highest BCUT2D eigenvalue weighted by molar-refractivity contribution is 6.68. The molecule has 0 saturated carbocycles. The quantitative estimate of drug-likeness (QED) is 0.595. The third-order valence-electron chi connectivity index (χ3n) is 2.14. The first-order valence-corrected chi connectivity index (χ1v) is 7.81. The fourth-order valence-corrected chi connectivity index (χ4v) is 3.91. The van der Waals surface area contributed by atoms with Crippen molar-refractivity contribution in [2.24, 2.45) is 0 Å². The number of hydrogen-bond donors (Lipinski definition) is 2. The van der Waals surface area contributed by atoms with Crippen LogP contribution in [0.25, 0.3) is 0 Å². The summed E-state index contributed by atoms with van der Waals surface area (Å²) in [4.78, 5) is 10.4. The van der Waals surface area contributed by atoms with E-state index in [0.717, 1.165) is 0 Å². The Morgan fingerprint density at radius 1 is 1.17 bits per heavy atom. The normalized spacial score (nSPS) is 11.3. The predicted octanol–water partition coefficient (Wildman–Crippen LogP) is 1.79. The Labute approximate surface area is 109 Å². The first kappa shape index (κ1) is 17.1. The second-order valence-corrected chi connectivity index (χ2v) is 6.13. The highest BCUT2D eigenvalue weighted by atomic mass is 28.4. The second kappa shape index (κ2) is 9.09. The van der Waals surface area contributed by atoms with E-state index in [1.165, 1.54) is 0 Å². The average Bonchev–Trinajstić information content (AvgIpc) is 2.29. The summed E-state index contributed by atoms with van der Waals surface area (Å²) in [5.41, 5.74) is 0. The van der Waals surface area contributed by atoms with Crippen LogP contribution in [-0.2, 0) is 13.3 Å².